The van der Waals surface area contributed by atoms with Crippen LogP contribution in [0.2, 0.25) is 0 Å². The Kier molecular flexibility index (Phi) is 5.90. The van der Waals surface area contributed by atoms with Gasteiger partial charge >= 0.3 is 6.18 Å². The summed E-state index contributed by atoms with van der Waals surface area (Å²) in [6.45, 7) is 7.59. The van der Waals surface area contributed by atoms with Gasteiger partial charge in [0.1, 0.15) is 0 Å². The molecule has 0 spiro atoms. The van der Waals surface area contributed by atoms with Gasteiger partial charge in [-0.2, -0.15) is 13.2 Å². The zero-order valence-electron chi connectivity index (χ0n) is 13.0. The summed E-state index contributed by atoms with van der Waals surface area (Å²) in [6.07, 6.45) is -1.67. The Bertz CT molecular complexity index is 304. The topological polar surface area (TPSA) is 23.5 Å². The smallest absolute Gasteiger partial charge is 0.391 e. The van der Waals surface area contributed by atoms with Crippen molar-refractivity contribution in [1.29, 1.82) is 0 Å². The van der Waals surface area contributed by atoms with Crippen LogP contribution in [0.3, 0.4) is 0 Å². The standard InChI is InChI=1S/C15H28F3NO/c1-5-14(3,4)11-7-8-13(20)12(9-11)19(6-2)10-15(16,17)18/h11-13,20H,5-10H2,1-4H3. The van der Waals surface area contributed by atoms with Gasteiger partial charge in [0.05, 0.1) is 12.6 Å². The lowest BCUT2D eigenvalue weighted by Crippen LogP contribution is -2.51. The Morgan fingerprint density at radius 3 is 2.20 bits per heavy atom. The molecule has 0 aromatic rings. The average molecular weight is 295 g/mol. The van der Waals surface area contributed by atoms with Crippen molar-refractivity contribution in [3.63, 3.8) is 0 Å². The van der Waals surface area contributed by atoms with Crippen LogP contribution in [0.5, 0.6) is 0 Å². The van der Waals surface area contributed by atoms with Crippen molar-refractivity contribution in [2.75, 3.05) is 13.1 Å². The van der Waals surface area contributed by atoms with E-state index in [2.05, 4.69) is 20.8 Å². The molecule has 1 aliphatic carbocycles. The number of aliphatic hydroxyl groups excluding tert-OH is 1. The van der Waals surface area contributed by atoms with Crippen molar-refractivity contribution in [1.82, 2.24) is 4.90 Å². The van der Waals surface area contributed by atoms with Gasteiger partial charge in [-0.25, -0.2) is 0 Å². The number of likely N-dealkylation sites (N-methyl/N-ethyl adjacent to an activating group) is 1. The maximum absolute atomic E-state index is 12.6. The second-order valence-corrected chi connectivity index (χ2v) is 6.67. The van der Waals surface area contributed by atoms with Crippen molar-refractivity contribution < 1.29 is 18.3 Å². The highest BCUT2D eigenvalue weighted by Gasteiger charge is 2.41. The molecule has 0 amide bonds. The highest BCUT2D eigenvalue weighted by Crippen LogP contribution is 2.42. The average Bonchev–Trinajstić information content (AvgIpc) is 2.35. The highest BCUT2D eigenvalue weighted by molar-refractivity contribution is 4.92. The van der Waals surface area contributed by atoms with Gasteiger partial charge in [-0.15, -0.1) is 0 Å². The SMILES string of the molecule is CCN(CC(F)(F)F)C1CC(C(C)(C)CC)CCC1O. The van der Waals surface area contributed by atoms with Gasteiger partial charge in [-0.3, -0.25) is 4.90 Å². The summed E-state index contributed by atoms with van der Waals surface area (Å²) in [5, 5.41) is 10.1. The maximum Gasteiger partial charge on any atom is 0.401 e. The van der Waals surface area contributed by atoms with Gasteiger partial charge in [0.25, 0.3) is 0 Å². The summed E-state index contributed by atoms with van der Waals surface area (Å²) in [5.74, 6) is 0.378. The predicted octanol–water partition coefficient (Wildman–Crippen LogP) is 3.84. The van der Waals surface area contributed by atoms with Crippen LogP contribution in [0.25, 0.3) is 0 Å². The minimum atomic E-state index is -4.21. The number of aliphatic hydroxyl groups is 1. The van der Waals surface area contributed by atoms with Crippen molar-refractivity contribution in [2.45, 2.75) is 71.7 Å². The molecule has 1 N–H and O–H groups in total. The molecule has 1 saturated carbocycles. The molecule has 3 atom stereocenters. The van der Waals surface area contributed by atoms with Crippen LogP contribution in [0.15, 0.2) is 0 Å². The van der Waals surface area contributed by atoms with Gasteiger partial charge in [-0.05, 0) is 37.1 Å². The van der Waals surface area contributed by atoms with Gasteiger partial charge < -0.3 is 5.11 Å². The van der Waals surface area contributed by atoms with Crippen LogP contribution in [0, 0.1) is 11.3 Å². The maximum atomic E-state index is 12.6. The van der Waals surface area contributed by atoms with Gasteiger partial charge in [0.15, 0.2) is 0 Å². The first-order valence-electron chi connectivity index (χ1n) is 7.59. The molecule has 1 fully saturated rings. The first-order chi connectivity index (χ1) is 9.10. The van der Waals surface area contributed by atoms with E-state index in [0.29, 0.717) is 25.3 Å². The van der Waals surface area contributed by atoms with E-state index in [9.17, 15) is 18.3 Å². The number of hydrogen-bond donors (Lipinski definition) is 1. The number of hydrogen-bond acceptors (Lipinski definition) is 2. The third kappa shape index (κ3) is 4.62. The molecular formula is C15H28F3NO. The molecule has 0 aromatic carbocycles. The zero-order chi connectivity index (χ0) is 15.6. The molecular weight excluding hydrogens is 267 g/mol. The van der Waals surface area contributed by atoms with E-state index in [-0.39, 0.29) is 11.5 Å². The fourth-order valence-corrected chi connectivity index (χ4v) is 3.22. The molecule has 1 rings (SSSR count). The molecule has 0 radical (unpaired) electrons. The van der Waals surface area contributed by atoms with Crippen LogP contribution in [0.1, 0.15) is 53.4 Å². The summed E-state index contributed by atoms with van der Waals surface area (Å²) >= 11 is 0. The molecule has 0 aromatic heterocycles. The summed E-state index contributed by atoms with van der Waals surface area (Å²) in [7, 11) is 0. The van der Waals surface area contributed by atoms with Crippen LogP contribution in [-0.2, 0) is 0 Å². The quantitative estimate of drug-likeness (QED) is 0.833. The highest BCUT2D eigenvalue weighted by atomic mass is 19.4. The molecule has 0 saturated heterocycles. The van der Waals surface area contributed by atoms with Gasteiger partial charge in [0.2, 0.25) is 0 Å². The molecule has 5 heteroatoms. The number of halogens is 3. The molecule has 0 heterocycles. The third-order valence-electron chi connectivity index (χ3n) is 5.06. The fraction of sp³-hybridized carbons (Fsp3) is 1.00. The molecule has 20 heavy (non-hydrogen) atoms. The van der Waals surface area contributed by atoms with E-state index in [1.54, 1.807) is 6.92 Å². The minimum absolute atomic E-state index is 0.121. The minimum Gasteiger partial charge on any atom is -0.391 e. The van der Waals surface area contributed by atoms with Crippen molar-refractivity contribution in [3.05, 3.63) is 0 Å². The first-order valence-corrected chi connectivity index (χ1v) is 7.59. The Morgan fingerprint density at radius 2 is 1.75 bits per heavy atom. The van der Waals surface area contributed by atoms with Crippen molar-refractivity contribution in [2.24, 2.45) is 11.3 Å². The Morgan fingerprint density at radius 1 is 1.15 bits per heavy atom. The third-order valence-corrected chi connectivity index (χ3v) is 5.06. The van der Waals surface area contributed by atoms with Crippen LogP contribution in [0.4, 0.5) is 13.2 Å². The second kappa shape index (κ2) is 6.65. The molecule has 1 aliphatic rings. The second-order valence-electron chi connectivity index (χ2n) is 6.67. The largest absolute Gasteiger partial charge is 0.401 e. The Hall–Kier alpha value is -0.290. The Labute approximate surface area is 120 Å². The van der Waals surface area contributed by atoms with Gasteiger partial charge in [-0.1, -0.05) is 34.1 Å². The number of rotatable bonds is 5. The van der Waals surface area contributed by atoms with E-state index in [4.69, 9.17) is 0 Å². The summed E-state index contributed by atoms with van der Waals surface area (Å²) in [5.41, 5.74) is 0.121. The van der Waals surface area contributed by atoms with E-state index < -0.39 is 18.8 Å². The molecule has 2 nitrogen and oxygen atoms in total. The molecule has 120 valence electrons. The van der Waals surface area contributed by atoms with E-state index in [1.165, 1.54) is 4.90 Å². The molecule has 3 unspecified atom stereocenters. The predicted molar refractivity (Wildman–Crippen MR) is 74.5 cm³/mol. The van der Waals surface area contributed by atoms with E-state index >= 15 is 0 Å². The monoisotopic (exact) mass is 295 g/mol. The lowest BCUT2D eigenvalue weighted by molar-refractivity contribution is -0.159. The van der Waals surface area contributed by atoms with Crippen LogP contribution >= 0.6 is 0 Å². The first kappa shape index (κ1) is 17.8. The summed E-state index contributed by atoms with van der Waals surface area (Å²) in [6, 6.07) is -0.369. The lowest BCUT2D eigenvalue weighted by atomic mass is 9.67. The molecule has 0 aliphatic heterocycles. The van der Waals surface area contributed by atoms with Gasteiger partial charge in [0, 0.05) is 6.04 Å². The van der Waals surface area contributed by atoms with E-state index in [1.807, 2.05) is 0 Å². The number of nitrogens with zero attached hydrogens (tertiary/aromatic N) is 1. The summed E-state index contributed by atoms with van der Waals surface area (Å²) in [4.78, 5) is 1.39. The zero-order valence-corrected chi connectivity index (χ0v) is 13.0. The fourth-order valence-electron chi connectivity index (χ4n) is 3.22. The molecule has 0 bridgehead atoms. The van der Waals surface area contributed by atoms with E-state index in [0.717, 1.165) is 12.8 Å². The normalized spacial score (nSPS) is 28.9. The number of alkyl halides is 3. The van der Waals surface area contributed by atoms with Crippen molar-refractivity contribution in [3.8, 4) is 0 Å². The van der Waals surface area contributed by atoms with Crippen LogP contribution < -0.4 is 0 Å². The Balaban J connectivity index is 2.79. The lowest BCUT2D eigenvalue weighted by Gasteiger charge is -2.45. The van der Waals surface area contributed by atoms with Crippen molar-refractivity contribution >= 4 is 0 Å². The van der Waals surface area contributed by atoms with Crippen LogP contribution in [-0.4, -0.2) is 41.4 Å². The summed E-state index contributed by atoms with van der Waals surface area (Å²) < 4.78 is 37.9.